The van der Waals surface area contributed by atoms with Gasteiger partial charge in [-0.15, -0.1) is 6.42 Å². The molecule has 1 aromatic carbocycles. The first-order chi connectivity index (χ1) is 18.9. The third-order valence-corrected chi connectivity index (χ3v) is 7.49. The van der Waals surface area contributed by atoms with Gasteiger partial charge in [-0.2, -0.15) is 10.1 Å². The Kier molecular flexibility index (Phi) is 8.31. The van der Waals surface area contributed by atoms with E-state index in [0.717, 1.165) is 6.33 Å². The monoisotopic (exact) mass is 576 g/mol. The number of fused-ring (bicyclic) bond motifs is 1. The summed E-state index contributed by atoms with van der Waals surface area (Å²) in [6.07, 6.45) is 1.62. The number of aliphatic hydroxyl groups excluding tert-OH is 2. The molecular weight excluding hydrogens is 547 g/mol. The Labute approximate surface area is 228 Å². The predicted octanol–water partition coefficient (Wildman–Crippen LogP) is 0.458. The standard InChI is InChI=1S/C24H29N6O9P/c1-5-24(18(32)17(31)21(38-24)30-12-26-16-19(30)27-23(25)28-20(16)33)11-36-40(35,39-15-9-7-6-8-10-15)29-14(4)22(34)37-13(2)3/h1,6-10,12-14,17-18,21,31-32H,11H2,2-4H3,(H,29,35)(H3,25,27,28,33)/t14-,17-,18?,21+,24+,40-/m0/s1. The summed E-state index contributed by atoms with van der Waals surface area (Å²) in [7, 11) is -4.39. The average molecular weight is 577 g/mol. The first-order valence-electron chi connectivity index (χ1n) is 12.1. The fourth-order valence-electron chi connectivity index (χ4n) is 3.93. The van der Waals surface area contributed by atoms with Crippen molar-refractivity contribution in [3.63, 3.8) is 0 Å². The molecule has 0 bridgehead atoms. The molecule has 0 aliphatic carbocycles. The number of nitrogens with zero attached hydrogens (tertiary/aromatic N) is 3. The number of nitrogens with one attached hydrogen (secondary N) is 2. The Morgan fingerprint density at radius 3 is 2.70 bits per heavy atom. The Balaban J connectivity index is 1.61. The third-order valence-electron chi connectivity index (χ3n) is 5.87. The molecule has 0 saturated carbocycles. The highest BCUT2D eigenvalue weighted by Gasteiger charge is 2.56. The average Bonchev–Trinajstić information content (AvgIpc) is 3.42. The zero-order valence-electron chi connectivity index (χ0n) is 21.8. The number of hydrogen-bond acceptors (Lipinski definition) is 12. The van der Waals surface area contributed by atoms with Gasteiger partial charge in [0.05, 0.1) is 12.4 Å². The van der Waals surface area contributed by atoms with Gasteiger partial charge in [0.15, 0.2) is 23.0 Å². The van der Waals surface area contributed by atoms with Crippen molar-refractivity contribution in [2.24, 2.45) is 0 Å². The number of aromatic amines is 1. The van der Waals surface area contributed by atoms with Crippen molar-refractivity contribution in [3.05, 3.63) is 47.0 Å². The number of rotatable bonds is 10. The minimum absolute atomic E-state index is 0.0384. The molecule has 0 spiro atoms. The van der Waals surface area contributed by atoms with Gasteiger partial charge in [0.2, 0.25) is 5.95 Å². The summed E-state index contributed by atoms with van der Waals surface area (Å²) in [6.45, 7) is 3.95. The Hall–Kier alpha value is -3.77. The van der Waals surface area contributed by atoms with E-state index in [1.54, 1.807) is 32.0 Å². The lowest BCUT2D eigenvalue weighted by molar-refractivity contribution is -0.149. The van der Waals surface area contributed by atoms with E-state index in [1.165, 1.54) is 23.6 Å². The molecule has 1 aliphatic heterocycles. The molecule has 16 heteroatoms. The molecule has 2 aromatic heterocycles. The lowest BCUT2D eigenvalue weighted by Crippen LogP contribution is -2.46. The van der Waals surface area contributed by atoms with Crippen LogP contribution in [0.15, 0.2) is 41.5 Å². The van der Waals surface area contributed by atoms with Gasteiger partial charge < -0.3 is 29.9 Å². The summed E-state index contributed by atoms with van der Waals surface area (Å²) in [5.74, 6) is 1.47. The van der Waals surface area contributed by atoms with Crippen LogP contribution in [-0.2, 0) is 23.4 Å². The zero-order chi connectivity index (χ0) is 29.2. The van der Waals surface area contributed by atoms with E-state index in [1.807, 2.05) is 0 Å². The number of terminal acetylenes is 1. The number of esters is 1. The van der Waals surface area contributed by atoms with Crippen LogP contribution in [0.2, 0.25) is 0 Å². The number of para-hydroxylation sites is 1. The number of hydrogen-bond donors (Lipinski definition) is 5. The molecular formula is C24H29N6O9P. The highest BCUT2D eigenvalue weighted by molar-refractivity contribution is 7.52. The lowest BCUT2D eigenvalue weighted by Gasteiger charge is -2.29. The van der Waals surface area contributed by atoms with E-state index in [4.69, 9.17) is 30.7 Å². The molecule has 6 N–H and O–H groups in total. The molecule has 6 atom stereocenters. The minimum atomic E-state index is -4.39. The Morgan fingerprint density at radius 2 is 2.05 bits per heavy atom. The normalized spacial score (nSPS) is 24.9. The van der Waals surface area contributed by atoms with Crippen molar-refractivity contribution >= 4 is 30.8 Å². The molecule has 1 aliphatic rings. The van der Waals surface area contributed by atoms with Crippen molar-refractivity contribution in [1.82, 2.24) is 24.6 Å². The summed E-state index contributed by atoms with van der Waals surface area (Å²) in [6, 6.07) is 6.85. The number of benzene rings is 1. The largest absolute Gasteiger partial charge is 0.462 e. The van der Waals surface area contributed by atoms with Crippen molar-refractivity contribution < 1.29 is 38.1 Å². The Bertz CT molecular complexity index is 1520. The number of carbonyl (C=O) groups is 1. The number of nitrogens with two attached hydrogens (primary N) is 1. The number of ether oxygens (including phenoxy) is 2. The maximum Gasteiger partial charge on any atom is 0.459 e. The van der Waals surface area contributed by atoms with Crippen LogP contribution in [-0.4, -0.2) is 72.3 Å². The fraction of sp³-hybridized carbons (Fsp3) is 0.417. The number of imidazole rings is 1. The molecule has 1 unspecified atom stereocenters. The summed E-state index contributed by atoms with van der Waals surface area (Å²) in [5.41, 5.74) is 2.82. The van der Waals surface area contributed by atoms with E-state index in [9.17, 15) is 24.4 Å². The summed E-state index contributed by atoms with van der Waals surface area (Å²) >= 11 is 0. The zero-order valence-corrected chi connectivity index (χ0v) is 22.6. The number of aliphatic hydroxyl groups is 2. The predicted molar refractivity (Wildman–Crippen MR) is 141 cm³/mol. The van der Waals surface area contributed by atoms with Gasteiger partial charge in [0.25, 0.3) is 5.56 Å². The smallest absolute Gasteiger partial charge is 0.459 e. The molecule has 1 saturated heterocycles. The van der Waals surface area contributed by atoms with Crippen LogP contribution in [0.4, 0.5) is 5.95 Å². The minimum Gasteiger partial charge on any atom is -0.462 e. The van der Waals surface area contributed by atoms with Crippen molar-refractivity contribution in [3.8, 4) is 18.1 Å². The van der Waals surface area contributed by atoms with E-state index < -0.39 is 62.1 Å². The second-order valence-corrected chi connectivity index (χ2v) is 11.0. The Morgan fingerprint density at radius 1 is 1.35 bits per heavy atom. The maximum absolute atomic E-state index is 13.8. The van der Waals surface area contributed by atoms with Gasteiger partial charge in [0, 0.05) is 0 Å². The van der Waals surface area contributed by atoms with Crippen LogP contribution in [0.3, 0.4) is 0 Å². The first-order valence-corrected chi connectivity index (χ1v) is 13.6. The van der Waals surface area contributed by atoms with E-state index >= 15 is 0 Å². The molecule has 4 rings (SSSR count). The molecule has 3 aromatic rings. The SMILES string of the molecule is C#C[C@]1(CO[P@@](=O)(N[C@@H](C)C(=O)OC(C)C)Oc2ccccc2)O[C@@H](n2cnc3c(=O)[nH]c(N)nc32)[C@@H](O)C1O. The quantitative estimate of drug-likeness (QED) is 0.126. The molecule has 0 amide bonds. The molecule has 214 valence electrons. The highest BCUT2D eigenvalue weighted by Crippen LogP contribution is 2.48. The van der Waals surface area contributed by atoms with Crippen LogP contribution >= 0.6 is 7.75 Å². The van der Waals surface area contributed by atoms with E-state index in [2.05, 4.69) is 26.0 Å². The van der Waals surface area contributed by atoms with Crippen LogP contribution in [0.25, 0.3) is 11.2 Å². The summed E-state index contributed by atoms with van der Waals surface area (Å²) in [4.78, 5) is 34.9. The van der Waals surface area contributed by atoms with Crippen molar-refractivity contribution in [1.29, 1.82) is 0 Å². The van der Waals surface area contributed by atoms with E-state index in [-0.39, 0.29) is 22.9 Å². The van der Waals surface area contributed by atoms with Crippen LogP contribution in [0.5, 0.6) is 5.75 Å². The second-order valence-electron chi connectivity index (χ2n) is 9.26. The number of nitrogen functional groups attached to an aromatic ring is 1. The second kappa shape index (κ2) is 11.4. The highest BCUT2D eigenvalue weighted by atomic mass is 31.2. The molecule has 1 fully saturated rings. The van der Waals surface area contributed by atoms with Crippen molar-refractivity contribution in [2.75, 3.05) is 12.3 Å². The number of carbonyl (C=O) groups excluding carboxylic acids is 1. The third kappa shape index (κ3) is 5.87. The molecule has 3 heterocycles. The topological polar surface area (TPSA) is 213 Å². The molecule has 40 heavy (non-hydrogen) atoms. The first kappa shape index (κ1) is 29.2. The summed E-state index contributed by atoms with van der Waals surface area (Å²) < 4.78 is 37.2. The maximum atomic E-state index is 13.8. The number of H-pyrrole nitrogens is 1. The van der Waals surface area contributed by atoms with E-state index in [0.29, 0.717) is 0 Å². The van der Waals surface area contributed by atoms with Crippen LogP contribution < -0.4 is 20.9 Å². The van der Waals surface area contributed by atoms with Crippen LogP contribution in [0, 0.1) is 12.3 Å². The van der Waals surface area contributed by atoms with Gasteiger partial charge in [-0.05, 0) is 32.9 Å². The number of anilines is 1. The van der Waals surface area contributed by atoms with Gasteiger partial charge in [-0.3, -0.25) is 23.7 Å². The summed E-state index contributed by atoms with van der Waals surface area (Å²) in [5, 5.41) is 24.3. The van der Waals surface area contributed by atoms with Crippen molar-refractivity contribution in [2.45, 2.75) is 57.0 Å². The van der Waals surface area contributed by atoms with Gasteiger partial charge >= 0.3 is 13.7 Å². The van der Waals surface area contributed by atoms with Gasteiger partial charge in [0.1, 0.15) is 30.6 Å². The van der Waals surface area contributed by atoms with Gasteiger partial charge in [-0.25, -0.2) is 9.55 Å². The fourth-order valence-corrected chi connectivity index (χ4v) is 5.45. The molecule has 0 radical (unpaired) electrons. The van der Waals surface area contributed by atoms with Gasteiger partial charge in [-0.1, -0.05) is 24.1 Å². The molecule has 15 nitrogen and oxygen atoms in total. The lowest BCUT2D eigenvalue weighted by atomic mass is 9.97. The number of aromatic nitrogens is 4. The van der Waals surface area contributed by atoms with Crippen LogP contribution in [0.1, 0.15) is 27.0 Å².